The molecule has 0 spiro atoms. The minimum absolute atomic E-state index is 0.234. The maximum absolute atomic E-state index is 5.46. The summed E-state index contributed by atoms with van der Waals surface area (Å²) in [6.45, 7) is 22.1. The summed E-state index contributed by atoms with van der Waals surface area (Å²) in [7, 11) is 0. The number of aromatic amines is 2. The van der Waals surface area contributed by atoms with Gasteiger partial charge in [0.2, 0.25) is 0 Å². The van der Waals surface area contributed by atoms with Gasteiger partial charge in [0, 0.05) is 32.6 Å². The third-order valence-electron chi connectivity index (χ3n) is 5.99. The van der Waals surface area contributed by atoms with Crippen molar-refractivity contribution < 1.29 is 0 Å². The smallest absolute Gasteiger partial charge is 0.161 e. The number of thiophene rings is 1. The molecule has 0 atom stereocenters. The number of fused-ring (bicyclic) bond motifs is 1. The molecule has 4 aromatic rings. The lowest BCUT2D eigenvalue weighted by atomic mass is 10.1. The molecule has 0 saturated carbocycles. The first-order chi connectivity index (χ1) is 19.2. The van der Waals surface area contributed by atoms with E-state index in [1.165, 1.54) is 4.88 Å². The zero-order chi connectivity index (χ0) is 29.4. The van der Waals surface area contributed by atoms with Crippen molar-refractivity contribution in [1.82, 2.24) is 30.5 Å². The second kappa shape index (κ2) is 14.0. The number of aromatic nitrogens is 5. The highest BCUT2D eigenvalue weighted by atomic mass is 32.1. The molecule has 0 bridgehead atoms. The van der Waals surface area contributed by atoms with Crippen molar-refractivity contribution in [2.24, 2.45) is 5.92 Å². The quantitative estimate of drug-likeness (QED) is 0.138. The maximum Gasteiger partial charge on any atom is 0.161 e. The van der Waals surface area contributed by atoms with Crippen LogP contribution in [0.4, 0.5) is 0 Å². The van der Waals surface area contributed by atoms with Crippen LogP contribution < -0.4 is 5.32 Å². The first-order valence-corrected chi connectivity index (χ1v) is 14.6. The summed E-state index contributed by atoms with van der Waals surface area (Å²) in [5.41, 5.74) is 7.65. The number of nitrogens with one attached hydrogen (secondary N) is 3. The number of nitrogens with zero attached hydrogens (tertiary/aromatic N) is 3. The van der Waals surface area contributed by atoms with Gasteiger partial charge in [0.05, 0.1) is 21.9 Å². The van der Waals surface area contributed by atoms with Gasteiger partial charge in [-0.15, -0.1) is 11.3 Å². The molecule has 0 aromatic carbocycles. The van der Waals surface area contributed by atoms with Gasteiger partial charge in [0.1, 0.15) is 5.52 Å². The van der Waals surface area contributed by atoms with Gasteiger partial charge < -0.3 is 10.3 Å². The largest absolute Gasteiger partial charge is 0.350 e. The summed E-state index contributed by atoms with van der Waals surface area (Å²) in [6, 6.07) is 8.19. The van der Waals surface area contributed by atoms with Crippen LogP contribution in [0, 0.1) is 19.8 Å². The fourth-order valence-corrected chi connectivity index (χ4v) is 4.95. The Kier molecular flexibility index (Phi) is 10.7. The first kappa shape index (κ1) is 30.7. The molecule has 0 amide bonds. The Hall–Kier alpha value is -3.88. The topological polar surface area (TPSA) is 82.3 Å². The molecule has 0 aliphatic rings. The van der Waals surface area contributed by atoms with E-state index in [1.54, 1.807) is 23.5 Å². The van der Waals surface area contributed by atoms with Gasteiger partial charge >= 0.3 is 0 Å². The minimum Gasteiger partial charge on any atom is -0.350 e. The second-order valence-corrected chi connectivity index (χ2v) is 10.9. The predicted molar refractivity (Wildman–Crippen MR) is 176 cm³/mol. The third kappa shape index (κ3) is 6.81. The van der Waals surface area contributed by atoms with E-state index >= 15 is 0 Å². The summed E-state index contributed by atoms with van der Waals surface area (Å²) >= 11 is 7.19. The van der Waals surface area contributed by atoms with Crippen molar-refractivity contribution in [3.05, 3.63) is 100 Å². The van der Waals surface area contributed by atoms with Crippen LogP contribution in [0.5, 0.6) is 0 Å². The number of hydrogen-bond donors (Lipinski definition) is 3. The van der Waals surface area contributed by atoms with Crippen LogP contribution in [-0.2, 0) is 0 Å². The highest BCUT2D eigenvalue weighted by Gasteiger charge is 2.19. The molecule has 4 heterocycles. The van der Waals surface area contributed by atoms with Gasteiger partial charge in [-0.25, -0.2) is 9.97 Å². The van der Waals surface area contributed by atoms with Crippen molar-refractivity contribution in [3.63, 3.8) is 0 Å². The van der Waals surface area contributed by atoms with Gasteiger partial charge in [0.15, 0.2) is 11.5 Å². The molecule has 40 heavy (non-hydrogen) atoms. The summed E-state index contributed by atoms with van der Waals surface area (Å²) in [4.78, 5) is 16.5. The third-order valence-corrected chi connectivity index (χ3v) is 7.60. The van der Waals surface area contributed by atoms with E-state index in [2.05, 4.69) is 66.6 Å². The van der Waals surface area contributed by atoms with Crippen LogP contribution in [0.25, 0.3) is 33.7 Å². The Morgan fingerprint density at radius 1 is 1.10 bits per heavy atom. The first-order valence-electron chi connectivity index (χ1n) is 13.4. The molecule has 0 radical (unpaired) electrons. The molecule has 3 N–H and O–H groups in total. The molecule has 0 saturated heterocycles. The van der Waals surface area contributed by atoms with Crippen LogP contribution in [0.1, 0.15) is 61.5 Å². The Bertz CT molecular complexity index is 1610. The zero-order valence-electron chi connectivity index (χ0n) is 24.3. The van der Waals surface area contributed by atoms with Crippen molar-refractivity contribution in [3.8, 4) is 11.5 Å². The fourth-order valence-electron chi connectivity index (χ4n) is 3.94. The monoisotopic (exact) mass is 570 g/mol. The second-order valence-electron chi connectivity index (χ2n) is 9.14. The molecule has 4 rings (SSSR count). The van der Waals surface area contributed by atoms with E-state index in [4.69, 9.17) is 22.2 Å². The van der Waals surface area contributed by atoms with Gasteiger partial charge in [-0.2, -0.15) is 5.10 Å². The van der Waals surface area contributed by atoms with Crippen LogP contribution in [0.3, 0.4) is 0 Å². The Morgan fingerprint density at radius 3 is 2.45 bits per heavy atom. The predicted octanol–water partition coefficient (Wildman–Crippen LogP) is 8.72. The summed E-state index contributed by atoms with van der Waals surface area (Å²) in [6.07, 6.45) is 9.57. The average molecular weight is 571 g/mol. The minimum atomic E-state index is 0.234. The maximum atomic E-state index is 5.46. The Morgan fingerprint density at radius 2 is 1.85 bits per heavy atom. The number of aryl methyl sites for hydroxylation is 2. The highest BCUT2D eigenvalue weighted by molar-refractivity contribution is 7.80. The number of rotatable bonds is 9. The number of imidazole rings is 1. The summed E-state index contributed by atoms with van der Waals surface area (Å²) in [5, 5.41) is 10.9. The van der Waals surface area contributed by atoms with E-state index in [-0.39, 0.29) is 5.92 Å². The van der Waals surface area contributed by atoms with Crippen molar-refractivity contribution >= 4 is 50.7 Å². The highest BCUT2D eigenvalue weighted by Crippen LogP contribution is 2.33. The lowest BCUT2D eigenvalue weighted by Gasteiger charge is -2.12. The van der Waals surface area contributed by atoms with Gasteiger partial charge in [-0.3, -0.25) is 5.10 Å². The van der Waals surface area contributed by atoms with Crippen molar-refractivity contribution in [2.75, 3.05) is 0 Å². The van der Waals surface area contributed by atoms with E-state index in [1.807, 2.05) is 58.1 Å². The van der Waals surface area contributed by atoms with E-state index < -0.39 is 0 Å². The fraction of sp³-hybridized carbons (Fsp3) is 0.250. The van der Waals surface area contributed by atoms with Crippen LogP contribution >= 0.6 is 23.6 Å². The normalized spacial score (nSPS) is 12.3. The van der Waals surface area contributed by atoms with E-state index in [0.29, 0.717) is 11.5 Å². The van der Waals surface area contributed by atoms with Crippen molar-refractivity contribution in [1.29, 1.82) is 0 Å². The van der Waals surface area contributed by atoms with Gasteiger partial charge in [-0.05, 0) is 62.8 Å². The van der Waals surface area contributed by atoms with Gasteiger partial charge in [-0.1, -0.05) is 71.3 Å². The molecular weight excluding hydrogens is 533 g/mol. The number of thiocarbonyl (C=S) groups is 1. The molecule has 0 aliphatic carbocycles. The van der Waals surface area contributed by atoms with Crippen LogP contribution in [0.15, 0.2) is 73.5 Å². The number of hydrogen-bond acceptors (Lipinski definition) is 5. The lowest BCUT2D eigenvalue weighted by Crippen LogP contribution is -2.24. The Labute approximate surface area is 246 Å². The SMILES string of the molecule is C=C/C=C(/c1ccc(C)s1)c1nc(-c2n[nH]c3ccc(C(/C=C(\C=C)NC(=S)C(C)C)=C/C)nc23)[nH]c1C.CC. The van der Waals surface area contributed by atoms with E-state index in [9.17, 15) is 0 Å². The van der Waals surface area contributed by atoms with Crippen LogP contribution in [0.2, 0.25) is 0 Å². The van der Waals surface area contributed by atoms with Crippen LogP contribution in [-0.4, -0.2) is 30.1 Å². The van der Waals surface area contributed by atoms with Gasteiger partial charge in [0.25, 0.3) is 0 Å². The summed E-state index contributed by atoms with van der Waals surface area (Å²) < 4.78 is 0. The molecular formula is C32H38N6S2. The number of allylic oxidation sites excluding steroid dienone is 6. The Balaban J connectivity index is 0.00000216. The summed E-state index contributed by atoms with van der Waals surface area (Å²) in [5.74, 6) is 0.891. The lowest BCUT2D eigenvalue weighted by molar-refractivity contribution is 0.863. The molecule has 0 unspecified atom stereocenters. The number of pyridine rings is 1. The average Bonchev–Trinajstić information content (AvgIpc) is 3.68. The number of H-pyrrole nitrogens is 2. The zero-order valence-corrected chi connectivity index (χ0v) is 26.0. The van der Waals surface area contributed by atoms with Crippen molar-refractivity contribution in [2.45, 2.75) is 48.5 Å². The molecule has 208 valence electrons. The molecule has 0 aliphatic heterocycles. The molecule has 8 heteroatoms. The van der Waals surface area contributed by atoms with E-state index in [0.717, 1.165) is 54.8 Å². The molecule has 0 fully saturated rings. The molecule has 6 nitrogen and oxygen atoms in total. The standard InChI is InChI=1S/C30H32N6S2.C2H6/c1-8-11-22(25-15-12-18(6)38-25)26-19(7)31-29(34-26)28-27-24(35-36-28)14-13-23(33-27)20(9-2)16-21(10-3)32-30(37)17(4)5;1-2/h8-17H,1,3H2,2,4-7H3,(H,31,34)(H,32,37)(H,35,36);1-2H3/b20-9+,21-16+,22-11-;. The molecule has 4 aromatic heterocycles.